The summed E-state index contributed by atoms with van der Waals surface area (Å²) in [5, 5.41) is 5.72. The van der Waals surface area contributed by atoms with Gasteiger partial charge in [0.25, 0.3) is 0 Å². The summed E-state index contributed by atoms with van der Waals surface area (Å²) in [7, 11) is 3.84. The molecule has 1 aromatic rings. The highest BCUT2D eigenvalue weighted by atomic mass is 16.2. The highest BCUT2D eigenvalue weighted by Crippen LogP contribution is 2.40. The molecule has 2 rings (SSSR count). The van der Waals surface area contributed by atoms with Crippen LogP contribution in [0.15, 0.2) is 24.3 Å². The van der Waals surface area contributed by atoms with Crippen LogP contribution in [0.2, 0.25) is 0 Å². The van der Waals surface area contributed by atoms with Gasteiger partial charge in [-0.15, -0.1) is 0 Å². The summed E-state index contributed by atoms with van der Waals surface area (Å²) in [5.74, 6) is -0.244. The van der Waals surface area contributed by atoms with E-state index in [1.54, 1.807) is 6.92 Å². The van der Waals surface area contributed by atoms with Gasteiger partial charge >= 0.3 is 0 Å². The summed E-state index contributed by atoms with van der Waals surface area (Å²) >= 11 is 0. The molecule has 1 aliphatic rings. The summed E-state index contributed by atoms with van der Waals surface area (Å²) in [6.07, 6.45) is 2.48. The summed E-state index contributed by atoms with van der Waals surface area (Å²) in [6, 6.07) is 7.52. The van der Waals surface area contributed by atoms with E-state index in [0.29, 0.717) is 6.54 Å². The third-order valence-electron chi connectivity index (χ3n) is 4.65. The lowest BCUT2D eigenvalue weighted by molar-refractivity contribution is -0.136. The number of nitrogens with zero attached hydrogens (tertiary/aromatic N) is 1. The van der Waals surface area contributed by atoms with Crippen LogP contribution >= 0.6 is 0 Å². The molecule has 0 saturated heterocycles. The van der Waals surface area contributed by atoms with Crippen LogP contribution in [-0.4, -0.2) is 43.4 Å². The van der Waals surface area contributed by atoms with Crippen LogP contribution in [0, 0.1) is 0 Å². The summed E-state index contributed by atoms with van der Waals surface area (Å²) in [5.41, 5.74) is 1.55. The van der Waals surface area contributed by atoms with E-state index in [-0.39, 0.29) is 11.8 Å². The number of carbonyl (C=O) groups is 2. The van der Waals surface area contributed by atoms with Gasteiger partial charge in [0, 0.05) is 6.54 Å². The van der Waals surface area contributed by atoms with Gasteiger partial charge in [0.05, 0.1) is 0 Å². The van der Waals surface area contributed by atoms with Gasteiger partial charge in [0.2, 0.25) is 11.8 Å². The average molecular weight is 317 g/mol. The molecule has 23 heavy (non-hydrogen) atoms. The van der Waals surface area contributed by atoms with Crippen LogP contribution in [0.1, 0.15) is 37.8 Å². The van der Waals surface area contributed by atoms with Crippen molar-refractivity contribution in [2.45, 2.75) is 44.7 Å². The Labute approximate surface area is 138 Å². The number of hydrogen-bond acceptors (Lipinski definition) is 3. The molecule has 0 aromatic heterocycles. The maximum Gasteiger partial charge on any atom is 0.245 e. The molecule has 126 valence electrons. The van der Waals surface area contributed by atoms with Crippen LogP contribution in [0.25, 0.3) is 0 Å². The van der Waals surface area contributed by atoms with E-state index >= 15 is 0 Å². The zero-order valence-corrected chi connectivity index (χ0v) is 14.5. The molecule has 0 fully saturated rings. The SMILES string of the molecule is CCCNC(=O)[C@H](C)NC(=O)[C@]1(N(C)C)CCc2ccccc21. The minimum absolute atomic E-state index is 0.105. The maximum atomic E-state index is 13.0. The van der Waals surface area contributed by atoms with Crippen molar-refractivity contribution < 1.29 is 9.59 Å². The van der Waals surface area contributed by atoms with Gasteiger partial charge in [-0.2, -0.15) is 0 Å². The quantitative estimate of drug-likeness (QED) is 0.834. The molecular weight excluding hydrogens is 290 g/mol. The molecule has 0 aliphatic heterocycles. The molecule has 0 saturated carbocycles. The van der Waals surface area contributed by atoms with E-state index in [9.17, 15) is 9.59 Å². The topological polar surface area (TPSA) is 61.4 Å². The van der Waals surface area contributed by atoms with E-state index in [0.717, 1.165) is 24.8 Å². The second-order valence-corrected chi connectivity index (χ2v) is 6.40. The maximum absolute atomic E-state index is 13.0. The first kappa shape index (κ1) is 17.5. The van der Waals surface area contributed by atoms with Crippen molar-refractivity contribution in [1.29, 1.82) is 0 Å². The first-order chi connectivity index (χ1) is 10.9. The molecule has 5 heteroatoms. The molecule has 0 heterocycles. The molecule has 1 aliphatic carbocycles. The number of fused-ring (bicyclic) bond motifs is 1. The largest absolute Gasteiger partial charge is 0.354 e. The molecule has 0 spiro atoms. The molecule has 2 atom stereocenters. The Morgan fingerprint density at radius 3 is 2.65 bits per heavy atom. The molecule has 0 bridgehead atoms. The van der Waals surface area contributed by atoms with Gasteiger partial charge in [-0.05, 0) is 51.4 Å². The van der Waals surface area contributed by atoms with Gasteiger partial charge in [-0.3, -0.25) is 14.5 Å². The first-order valence-corrected chi connectivity index (χ1v) is 8.28. The Hall–Kier alpha value is -1.88. The van der Waals surface area contributed by atoms with Crippen molar-refractivity contribution in [1.82, 2.24) is 15.5 Å². The van der Waals surface area contributed by atoms with Crippen molar-refractivity contribution in [2.75, 3.05) is 20.6 Å². The summed E-state index contributed by atoms with van der Waals surface area (Å²) < 4.78 is 0. The van der Waals surface area contributed by atoms with Gasteiger partial charge in [0.1, 0.15) is 11.6 Å². The third-order valence-corrected chi connectivity index (χ3v) is 4.65. The van der Waals surface area contributed by atoms with Gasteiger partial charge in [-0.25, -0.2) is 0 Å². The number of benzene rings is 1. The monoisotopic (exact) mass is 317 g/mol. The number of hydrogen-bond donors (Lipinski definition) is 2. The summed E-state index contributed by atoms with van der Waals surface area (Å²) in [6.45, 7) is 4.35. The standard InChI is InChI=1S/C18H27N3O2/c1-5-12-19-16(22)13(2)20-17(23)18(21(3)4)11-10-14-8-6-7-9-15(14)18/h6-9,13H,5,10-12H2,1-4H3,(H,19,22)(H,20,23)/t13-,18-/m0/s1. The van der Waals surface area contributed by atoms with Crippen molar-refractivity contribution >= 4 is 11.8 Å². The Morgan fingerprint density at radius 1 is 1.30 bits per heavy atom. The number of rotatable bonds is 6. The number of aryl methyl sites for hydroxylation is 1. The minimum atomic E-state index is -0.699. The minimum Gasteiger partial charge on any atom is -0.354 e. The fourth-order valence-corrected chi connectivity index (χ4v) is 3.28. The van der Waals surface area contributed by atoms with E-state index < -0.39 is 11.6 Å². The number of amides is 2. The molecular formula is C18H27N3O2. The van der Waals surface area contributed by atoms with E-state index in [1.165, 1.54) is 5.56 Å². The smallest absolute Gasteiger partial charge is 0.245 e. The molecule has 2 amide bonds. The average Bonchev–Trinajstić information content (AvgIpc) is 2.93. The highest BCUT2D eigenvalue weighted by Gasteiger charge is 2.47. The lowest BCUT2D eigenvalue weighted by atomic mass is 9.89. The fourth-order valence-electron chi connectivity index (χ4n) is 3.28. The zero-order valence-electron chi connectivity index (χ0n) is 14.5. The van der Waals surface area contributed by atoms with Gasteiger partial charge in [0.15, 0.2) is 0 Å². The van der Waals surface area contributed by atoms with Crippen molar-refractivity contribution in [3.63, 3.8) is 0 Å². The van der Waals surface area contributed by atoms with Crippen molar-refractivity contribution in [2.24, 2.45) is 0 Å². The fraction of sp³-hybridized carbons (Fsp3) is 0.556. The predicted octanol–water partition coefficient (Wildman–Crippen LogP) is 1.42. The van der Waals surface area contributed by atoms with Crippen LogP contribution in [0.3, 0.4) is 0 Å². The Kier molecular flexibility index (Phi) is 5.42. The molecule has 0 radical (unpaired) electrons. The van der Waals surface area contributed by atoms with E-state index in [1.807, 2.05) is 44.1 Å². The van der Waals surface area contributed by atoms with Crippen LogP contribution in [-0.2, 0) is 21.5 Å². The lowest BCUT2D eigenvalue weighted by Crippen LogP contribution is -2.56. The van der Waals surface area contributed by atoms with Crippen LogP contribution in [0.5, 0.6) is 0 Å². The van der Waals surface area contributed by atoms with E-state index in [4.69, 9.17) is 0 Å². The molecule has 0 unspecified atom stereocenters. The van der Waals surface area contributed by atoms with Crippen molar-refractivity contribution in [3.05, 3.63) is 35.4 Å². The Morgan fingerprint density at radius 2 is 2.00 bits per heavy atom. The van der Waals surface area contributed by atoms with Gasteiger partial charge in [-0.1, -0.05) is 31.2 Å². The van der Waals surface area contributed by atoms with Gasteiger partial charge < -0.3 is 10.6 Å². The Balaban J connectivity index is 2.20. The van der Waals surface area contributed by atoms with Crippen LogP contribution in [0.4, 0.5) is 0 Å². The van der Waals surface area contributed by atoms with Crippen LogP contribution < -0.4 is 10.6 Å². The highest BCUT2D eigenvalue weighted by molar-refractivity contribution is 5.93. The second kappa shape index (κ2) is 7.13. The molecule has 1 aromatic carbocycles. The Bertz CT molecular complexity index is 585. The second-order valence-electron chi connectivity index (χ2n) is 6.40. The molecule has 5 nitrogen and oxygen atoms in total. The third kappa shape index (κ3) is 3.24. The van der Waals surface area contributed by atoms with Crippen molar-refractivity contribution in [3.8, 4) is 0 Å². The lowest BCUT2D eigenvalue weighted by Gasteiger charge is -2.36. The zero-order chi connectivity index (χ0) is 17.0. The van der Waals surface area contributed by atoms with E-state index in [2.05, 4.69) is 16.7 Å². The first-order valence-electron chi connectivity index (χ1n) is 8.28. The normalized spacial score (nSPS) is 20.9. The number of carbonyl (C=O) groups excluding carboxylic acids is 2. The number of likely N-dealkylation sites (N-methyl/N-ethyl adjacent to an activating group) is 1. The molecule has 2 N–H and O–H groups in total. The summed E-state index contributed by atoms with van der Waals surface area (Å²) in [4.78, 5) is 27.0. The predicted molar refractivity (Wildman–Crippen MR) is 91.0 cm³/mol. The number of nitrogens with one attached hydrogen (secondary N) is 2.